The average molecular weight is 494 g/mol. The third kappa shape index (κ3) is 9.59. The standard InChI is InChI=1S/C17H33F3N4O.HI/c1-5-21-16(22-7-6-12-25-13-14(2)3)24-10-8-23(9-11-24)15(4)17(18,19)20;/h14-15H,5-13H2,1-4H3,(H,21,22);1H. The first-order valence-electron chi connectivity index (χ1n) is 9.17. The number of hydrogen-bond donors (Lipinski definition) is 1. The molecule has 156 valence electrons. The molecule has 0 bridgehead atoms. The second-order valence-electron chi connectivity index (χ2n) is 6.80. The molecule has 1 N–H and O–H groups in total. The predicted octanol–water partition coefficient (Wildman–Crippen LogP) is 3.20. The van der Waals surface area contributed by atoms with Gasteiger partial charge < -0.3 is 15.0 Å². The van der Waals surface area contributed by atoms with E-state index in [-0.39, 0.29) is 24.0 Å². The maximum atomic E-state index is 12.8. The monoisotopic (exact) mass is 494 g/mol. The zero-order valence-electron chi connectivity index (χ0n) is 16.3. The van der Waals surface area contributed by atoms with Gasteiger partial charge in [0.2, 0.25) is 0 Å². The summed E-state index contributed by atoms with van der Waals surface area (Å²) >= 11 is 0. The Labute approximate surface area is 172 Å². The fourth-order valence-corrected chi connectivity index (χ4v) is 2.62. The summed E-state index contributed by atoms with van der Waals surface area (Å²) in [5.41, 5.74) is 0. The molecule has 1 atom stereocenters. The van der Waals surface area contributed by atoms with Crippen LogP contribution < -0.4 is 5.32 Å². The van der Waals surface area contributed by atoms with Crippen LogP contribution in [-0.4, -0.2) is 80.5 Å². The molecule has 0 aromatic carbocycles. The molecule has 0 saturated carbocycles. The summed E-state index contributed by atoms with van der Waals surface area (Å²) in [6.45, 7) is 12.1. The van der Waals surface area contributed by atoms with Gasteiger partial charge in [-0.2, -0.15) is 13.2 Å². The Kier molecular flexibility index (Phi) is 12.8. The van der Waals surface area contributed by atoms with Gasteiger partial charge in [-0.1, -0.05) is 13.8 Å². The van der Waals surface area contributed by atoms with Gasteiger partial charge in [0.05, 0.1) is 0 Å². The van der Waals surface area contributed by atoms with Crippen LogP contribution in [0.4, 0.5) is 13.2 Å². The van der Waals surface area contributed by atoms with E-state index in [2.05, 4.69) is 24.2 Å². The molecule has 0 aliphatic carbocycles. The Balaban J connectivity index is 0.00000625. The zero-order chi connectivity index (χ0) is 18.9. The molecule has 0 radical (unpaired) electrons. The van der Waals surface area contributed by atoms with Crippen molar-refractivity contribution in [3.63, 3.8) is 0 Å². The minimum atomic E-state index is -4.17. The number of ether oxygens (including phenoxy) is 1. The van der Waals surface area contributed by atoms with Crippen LogP contribution in [0.1, 0.15) is 34.1 Å². The van der Waals surface area contributed by atoms with E-state index in [0.717, 1.165) is 25.5 Å². The highest BCUT2D eigenvalue weighted by Gasteiger charge is 2.41. The minimum Gasteiger partial charge on any atom is -0.381 e. The Morgan fingerprint density at radius 1 is 1.15 bits per heavy atom. The molecule has 1 unspecified atom stereocenters. The summed E-state index contributed by atoms with van der Waals surface area (Å²) in [6, 6.07) is -1.40. The van der Waals surface area contributed by atoms with Crippen LogP contribution in [0.5, 0.6) is 0 Å². The van der Waals surface area contributed by atoms with E-state index in [9.17, 15) is 13.2 Å². The van der Waals surface area contributed by atoms with E-state index in [4.69, 9.17) is 4.74 Å². The number of guanidine groups is 1. The molecule has 1 aliphatic rings. The van der Waals surface area contributed by atoms with Crippen molar-refractivity contribution in [1.82, 2.24) is 15.1 Å². The van der Waals surface area contributed by atoms with Crippen molar-refractivity contribution in [2.24, 2.45) is 10.9 Å². The highest BCUT2D eigenvalue weighted by atomic mass is 127. The quantitative estimate of drug-likeness (QED) is 0.244. The predicted molar refractivity (Wildman–Crippen MR) is 110 cm³/mol. The van der Waals surface area contributed by atoms with Crippen LogP contribution >= 0.6 is 24.0 Å². The topological polar surface area (TPSA) is 40.1 Å². The lowest BCUT2D eigenvalue weighted by Crippen LogP contribution is -2.56. The number of hydrogen-bond acceptors (Lipinski definition) is 3. The Morgan fingerprint density at radius 2 is 1.77 bits per heavy atom. The van der Waals surface area contributed by atoms with Gasteiger partial charge in [0.25, 0.3) is 0 Å². The number of aliphatic imine (C=N–C) groups is 1. The van der Waals surface area contributed by atoms with Crippen LogP contribution in [0, 0.1) is 5.92 Å². The fraction of sp³-hybridized carbons (Fsp3) is 0.941. The Bertz CT molecular complexity index is 400. The first-order valence-corrected chi connectivity index (χ1v) is 9.17. The second-order valence-corrected chi connectivity index (χ2v) is 6.80. The van der Waals surface area contributed by atoms with Crippen LogP contribution in [-0.2, 0) is 4.74 Å². The van der Waals surface area contributed by atoms with Gasteiger partial charge in [0, 0.05) is 52.5 Å². The van der Waals surface area contributed by atoms with Crippen molar-refractivity contribution in [3.8, 4) is 0 Å². The van der Waals surface area contributed by atoms with E-state index in [0.29, 0.717) is 45.2 Å². The van der Waals surface area contributed by atoms with Gasteiger partial charge in [-0.3, -0.25) is 9.89 Å². The van der Waals surface area contributed by atoms with E-state index in [1.54, 1.807) is 0 Å². The number of nitrogens with zero attached hydrogens (tertiary/aromatic N) is 3. The molecule has 1 saturated heterocycles. The minimum absolute atomic E-state index is 0. The maximum Gasteiger partial charge on any atom is 0.403 e. The highest BCUT2D eigenvalue weighted by molar-refractivity contribution is 14.0. The molecule has 1 aliphatic heterocycles. The largest absolute Gasteiger partial charge is 0.403 e. The third-order valence-corrected chi connectivity index (χ3v) is 4.13. The van der Waals surface area contributed by atoms with Crippen molar-refractivity contribution in [1.29, 1.82) is 0 Å². The molecule has 1 fully saturated rings. The molecule has 0 amide bonds. The summed E-state index contributed by atoms with van der Waals surface area (Å²) in [5.74, 6) is 1.31. The number of halogens is 4. The highest BCUT2D eigenvalue weighted by Crippen LogP contribution is 2.25. The summed E-state index contributed by atoms with van der Waals surface area (Å²) in [7, 11) is 0. The summed E-state index contributed by atoms with van der Waals surface area (Å²) < 4.78 is 44.0. The lowest BCUT2D eigenvalue weighted by Gasteiger charge is -2.39. The zero-order valence-corrected chi connectivity index (χ0v) is 18.6. The number of rotatable bonds is 8. The summed E-state index contributed by atoms with van der Waals surface area (Å²) in [5, 5.41) is 3.23. The summed E-state index contributed by atoms with van der Waals surface area (Å²) in [4.78, 5) is 8.11. The second kappa shape index (κ2) is 13.0. The van der Waals surface area contributed by atoms with Crippen molar-refractivity contribution in [2.45, 2.75) is 46.3 Å². The fourth-order valence-electron chi connectivity index (χ4n) is 2.62. The smallest absolute Gasteiger partial charge is 0.381 e. The molecule has 0 aromatic heterocycles. The molecular formula is C17H34F3IN4O. The molecule has 0 aromatic rings. The molecule has 26 heavy (non-hydrogen) atoms. The number of nitrogens with one attached hydrogen (secondary N) is 1. The first kappa shape index (κ1) is 25.7. The Morgan fingerprint density at radius 3 is 2.27 bits per heavy atom. The molecule has 1 rings (SSSR count). The maximum absolute atomic E-state index is 12.8. The van der Waals surface area contributed by atoms with Gasteiger partial charge >= 0.3 is 6.18 Å². The summed E-state index contributed by atoms with van der Waals surface area (Å²) in [6.07, 6.45) is -3.33. The van der Waals surface area contributed by atoms with Gasteiger partial charge in [-0.05, 0) is 26.2 Å². The number of alkyl halides is 3. The van der Waals surface area contributed by atoms with Crippen molar-refractivity contribution in [2.75, 3.05) is 52.5 Å². The van der Waals surface area contributed by atoms with Crippen molar-refractivity contribution < 1.29 is 17.9 Å². The lowest BCUT2D eigenvalue weighted by atomic mass is 10.2. The molecule has 9 heteroatoms. The van der Waals surface area contributed by atoms with Crippen LogP contribution in [0.15, 0.2) is 4.99 Å². The normalized spacial score (nSPS) is 18.0. The van der Waals surface area contributed by atoms with Crippen molar-refractivity contribution in [3.05, 3.63) is 0 Å². The van der Waals surface area contributed by atoms with E-state index < -0.39 is 12.2 Å². The van der Waals surface area contributed by atoms with E-state index in [1.807, 2.05) is 11.8 Å². The van der Waals surface area contributed by atoms with Crippen LogP contribution in [0.3, 0.4) is 0 Å². The van der Waals surface area contributed by atoms with Gasteiger partial charge in [0.1, 0.15) is 6.04 Å². The third-order valence-electron chi connectivity index (χ3n) is 4.13. The molecule has 1 heterocycles. The van der Waals surface area contributed by atoms with Crippen molar-refractivity contribution >= 4 is 29.9 Å². The van der Waals surface area contributed by atoms with E-state index >= 15 is 0 Å². The molecule has 5 nitrogen and oxygen atoms in total. The Hall–Kier alpha value is -0.290. The molecule has 0 spiro atoms. The van der Waals surface area contributed by atoms with Gasteiger partial charge in [0.15, 0.2) is 5.96 Å². The molecular weight excluding hydrogens is 460 g/mol. The lowest BCUT2D eigenvalue weighted by molar-refractivity contribution is -0.181. The van der Waals surface area contributed by atoms with Crippen LogP contribution in [0.25, 0.3) is 0 Å². The van der Waals surface area contributed by atoms with Gasteiger partial charge in [-0.25, -0.2) is 0 Å². The number of piperazine rings is 1. The van der Waals surface area contributed by atoms with Crippen LogP contribution in [0.2, 0.25) is 0 Å². The van der Waals surface area contributed by atoms with E-state index in [1.165, 1.54) is 11.8 Å². The SMILES string of the molecule is CCNC(=NCCCOCC(C)C)N1CCN(C(C)C(F)(F)F)CC1.I. The average Bonchev–Trinajstić information content (AvgIpc) is 2.55. The first-order chi connectivity index (χ1) is 11.8. The van der Waals surface area contributed by atoms with Gasteiger partial charge in [-0.15, -0.1) is 24.0 Å².